The molecule has 4 rings (SSSR count). The molecule has 134 valence electrons. The summed E-state index contributed by atoms with van der Waals surface area (Å²) >= 11 is 0. The predicted octanol–water partition coefficient (Wildman–Crippen LogP) is 4.91. The second kappa shape index (κ2) is 6.31. The van der Waals surface area contributed by atoms with Crippen LogP contribution in [0.5, 0.6) is 5.75 Å². The van der Waals surface area contributed by atoms with Crippen molar-refractivity contribution in [2.75, 3.05) is 0 Å². The molecule has 1 aliphatic heterocycles. The fraction of sp³-hybridized carbons (Fsp3) is 0.348. The van der Waals surface area contributed by atoms with E-state index in [0.717, 1.165) is 35.3 Å². The van der Waals surface area contributed by atoms with Crippen LogP contribution in [-0.4, -0.2) is 5.97 Å². The van der Waals surface area contributed by atoms with Gasteiger partial charge in [-0.05, 0) is 61.9 Å². The van der Waals surface area contributed by atoms with Crippen LogP contribution in [-0.2, 0) is 22.6 Å². The molecule has 3 heteroatoms. The van der Waals surface area contributed by atoms with Crippen LogP contribution in [0, 0.1) is 26.7 Å². The summed E-state index contributed by atoms with van der Waals surface area (Å²) in [5.74, 6) is 0.715. The second-order valence-corrected chi connectivity index (χ2v) is 7.48. The summed E-state index contributed by atoms with van der Waals surface area (Å²) in [5, 5.41) is 0. The van der Waals surface area contributed by atoms with Gasteiger partial charge in [-0.15, -0.1) is 0 Å². The SMILES string of the molecule is C=C1C(=O)O[C@H]2c3c(C)c(OCc4ccc(C)cc4)cc(C)c3CC[C@@H]12. The number of aryl methyl sites for hydroxylation is 2. The van der Waals surface area contributed by atoms with Gasteiger partial charge in [-0.3, -0.25) is 0 Å². The average Bonchev–Trinajstić information content (AvgIpc) is 2.92. The molecule has 0 saturated carbocycles. The van der Waals surface area contributed by atoms with E-state index >= 15 is 0 Å². The van der Waals surface area contributed by atoms with Crippen LogP contribution in [0.25, 0.3) is 0 Å². The highest BCUT2D eigenvalue weighted by Gasteiger charge is 2.44. The van der Waals surface area contributed by atoms with Crippen LogP contribution < -0.4 is 4.74 Å². The first kappa shape index (κ1) is 16.9. The van der Waals surface area contributed by atoms with E-state index < -0.39 is 0 Å². The van der Waals surface area contributed by atoms with Gasteiger partial charge in [0.1, 0.15) is 18.5 Å². The molecule has 2 aromatic carbocycles. The van der Waals surface area contributed by atoms with Gasteiger partial charge in [0.25, 0.3) is 0 Å². The second-order valence-electron chi connectivity index (χ2n) is 7.48. The van der Waals surface area contributed by atoms with E-state index in [4.69, 9.17) is 9.47 Å². The first-order valence-corrected chi connectivity index (χ1v) is 9.17. The number of hydrogen-bond donors (Lipinski definition) is 0. The highest BCUT2D eigenvalue weighted by Crippen LogP contribution is 2.49. The van der Waals surface area contributed by atoms with Crippen molar-refractivity contribution < 1.29 is 14.3 Å². The maximum atomic E-state index is 12.0. The first-order valence-electron chi connectivity index (χ1n) is 9.17. The Balaban J connectivity index is 1.67. The molecule has 3 nitrogen and oxygen atoms in total. The standard InChI is InChI=1S/C23H24O3/c1-13-5-7-17(8-6-13)12-25-20-11-14(2)18-9-10-19-15(3)23(24)26-22(19)21(18)16(20)4/h5-8,11,19,22H,3,9-10,12H2,1-2,4H3/t19-,22+/m0/s1. The first-order chi connectivity index (χ1) is 12.5. The fourth-order valence-corrected chi connectivity index (χ4v) is 4.17. The van der Waals surface area contributed by atoms with Crippen molar-refractivity contribution in [2.24, 2.45) is 5.92 Å². The molecular formula is C23H24O3. The highest BCUT2D eigenvalue weighted by molar-refractivity contribution is 5.91. The van der Waals surface area contributed by atoms with Crippen molar-refractivity contribution in [1.82, 2.24) is 0 Å². The monoisotopic (exact) mass is 348 g/mol. The molecule has 0 aromatic heterocycles. The average molecular weight is 348 g/mol. The van der Waals surface area contributed by atoms with E-state index in [1.54, 1.807) is 0 Å². The summed E-state index contributed by atoms with van der Waals surface area (Å²) in [5.41, 5.74) is 7.71. The van der Waals surface area contributed by atoms with E-state index in [9.17, 15) is 4.79 Å². The Hall–Kier alpha value is -2.55. The minimum absolute atomic E-state index is 0.0976. The smallest absolute Gasteiger partial charge is 0.334 e. The van der Waals surface area contributed by atoms with E-state index in [2.05, 4.69) is 57.7 Å². The van der Waals surface area contributed by atoms with Gasteiger partial charge in [0.2, 0.25) is 0 Å². The molecule has 2 atom stereocenters. The van der Waals surface area contributed by atoms with Gasteiger partial charge in [-0.2, -0.15) is 0 Å². The zero-order chi connectivity index (χ0) is 18.4. The molecule has 0 radical (unpaired) electrons. The molecule has 26 heavy (non-hydrogen) atoms. The van der Waals surface area contributed by atoms with Crippen molar-refractivity contribution in [2.45, 2.75) is 46.3 Å². The lowest BCUT2D eigenvalue weighted by Crippen LogP contribution is -2.20. The number of rotatable bonds is 3. The molecule has 0 N–H and O–H groups in total. The third-order valence-corrected chi connectivity index (χ3v) is 5.74. The van der Waals surface area contributed by atoms with Gasteiger partial charge in [0.15, 0.2) is 0 Å². The lowest BCUT2D eigenvalue weighted by atomic mass is 9.76. The van der Waals surface area contributed by atoms with Crippen molar-refractivity contribution in [3.05, 3.63) is 75.9 Å². The minimum atomic E-state index is -0.254. The predicted molar refractivity (Wildman–Crippen MR) is 101 cm³/mol. The summed E-state index contributed by atoms with van der Waals surface area (Å²) in [7, 11) is 0. The van der Waals surface area contributed by atoms with Crippen LogP contribution in [0.15, 0.2) is 42.5 Å². The topological polar surface area (TPSA) is 35.5 Å². The summed E-state index contributed by atoms with van der Waals surface area (Å²) in [6, 6.07) is 10.5. The highest BCUT2D eigenvalue weighted by atomic mass is 16.6. The normalized spacial score (nSPS) is 21.2. The van der Waals surface area contributed by atoms with E-state index in [1.807, 2.05) is 0 Å². The molecule has 0 spiro atoms. The lowest BCUT2D eigenvalue weighted by Gasteiger charge is -2.30. The molecule has 0 amide bonds. The number of benzene rings is 2. The zero-order valence-electron chi connectivity index (χ0n) is 15.6. The number of ether oxygens (including phenoxy) is 2. The van der Waals surface area contributed by atoms with Gasteiger partial charge in [0, 0.05) is 17.1 Å². The summed E-state index contributed by atoms with van der Waals surface area (Å²) in [6.45, 7) is 10.7. The van der Waals surface area contributed by atoms with E-state index in [1.165, 1.54) is 16.7 Å². The Morgan fingerprint density at radius 1 is 1.19 bits per heavy atom. The molecule has 2 aliphatic rings. The number of fused-ring (bicyclic) bond motifs is 3. The quantitative estimate of drug-likeness (QED) is 0.584. The molecule has 1 heterocycles. The minimum Gasteiger partial charge on any atom is -0.489 e. The third kappa shape index (κ3) is 2.72. The van der Waals surface area contributed by atoms with Crippen LogP contribution in [0.3, 0.4) is 0 Å². The molecular weight excluding hydrogens is 324 g/mol. The number of carbonyl (C=O) groups excluding carboxylic acids is 1. The van der Waals surface area contributed by atoms with Crippen LogP contribution in [0.2, 0.25) is 0 Å². The largest absolute Gasteiger partial charge is 0.489 e. The number of carbonyl (C=O) groups is 1. The van der Waals surface area contributed by atoms with Crippen molar-refractivity contribution in [3.8, 4) is 5.75 Å². The summed E-state index contributed by atoms with van der Waals surface area (Å²) in [6.07, 6.45) is 1.67. The molecule has 1 aliphatic carbocycles. The van der Waals surface area contributed by atoms with Crippen LogP contribution in [0.1, 0.15) is 45.9 Å². The van der Waals surface area contributed by atoms with Gasteiger partial charge in [-0.1, -0.05) is 36.4 Å². The Morgan fingerprint density at radius 3 is 2.65 bits per heavy atom. The molecule has 0 unspecified atom stereocenters. The van der Waals surface area contributed by atoms with E-state index in [0.29, 0.717) is 12.2 Å². The zero-order valence-corrected chi connectivity index (χ0v) is 15.6. The van der Waals surface area contributed by atoms with Crippen LogP contribution >= 0.6 is 0 Å². The maximum Gasteiger partial charge on any atom is 0.334 e. The van der Waals surface area contributed by atoms with Gasteiger partial charge < -0.3 is 9.47 Å². The fourth-order valence-electron chi connectivity index (χ4n) is 4.17. The number of hydrogen-bond acceptors (Lipinski definition) is 3. The lowest BCUT2D eigenvalue weighted by molar-refractivity contribution is -0.139. The Labute approximate surface area is 154 Å². The molecule has 0 bridgehead atoms. The third-order valence-electron chi connectivity index (χ3n) is 5.74. The Bertz CT molecular complexity index is 893. The summed E-state index contributed by atoms with van der Waals surface area (Å²) < 4.78 is 11.8. The van der Waals surface area contributed by atoms with Gasteiger partial charge in [-0.25, -0.2) is 4.79 Å². The van der Waals surface area contributed by atoms with Gasteiger partial charge in [0.05, 0.1) is 0 Å². The Morgan fingerprint density at radius 2 is 1.92 bits per heavy atom. The van der Waals surface area contributed by atoms with Gasteiger partial charge >= 0.3 is 5.97 Å². The van der Waals surface area contributed by atoms with Crippen molar-refractivity contribution in [3.63, 3.8) is 0 Å². The maximum absolute atomic E-state index is 12.0. The number of esters is 1. The van der Waals surface area contributed by atoms with Crippen LogP contribution in [0.4, 0.5) is 0 Å². The molecule has 2 aromatic rings. The summed E-state index contributed by atoms with van der Waals surface area (Å²) in [4.78, 5) is 12.0. The molecule has 1 saturated heterocycles. The molecule has 1 fully saturated rings. The van der Waals surface area contributed by atoms with Crippen molar-refractivity contribution in [1.29, 1.82) is 0 Å². The van der Waals surface area contributed by atoms with Crippen molar-refractivity contribution >= 4 is 5.97 Å². The Kier molecular flexibility index (Phi) is 4.10. The van der Waals surface area contributed by atoms with E-state index in [-0.39, 0.29) is 18.0 Å².